The summed E-state index contributed by atoms with van der Waals surface area (Å²) in [5.74, 6) is 0.605. The molecule has 1 atom stereocenters. The van der Waals surface area contributed by atoms with Gasteiger partial charge >= 0.3 is 0 Å². The Morgan fingerprint density at radius 2 is 1.56 bits per heavy atom. The van der Waals surface area contributed by atoms with E-state index in [9.17, 15) is 13.2 Å². The Balaban J connectivity index is 1.52. The van der Waals surface area contributed by atoms with Crippen LogP contribution in [-0.2, 0) is 17.1 Å². The summed E-state index contributed by atoms with van der Waals surface area (Å²) in [5.41, 5.74) is 1.77. The van der Waals surface area contributed by atoms with Gasteiger partial charge in [0.1, 0.15) is 5.82 Å². The van der Waals surface area contributed by atoms with Gasteiger partial charge in [0.25, 0.3) is 15.6 Å². The smallest absolute Gasteiger partial charge is 0.261 e. The minimum absolute atomic E-state index is 0.100. The summed E-state index contributed by atoms with van der Waals surface area (Å²) >= 11 is 3.30. The monoisotopic (exact) mass is 512 g/mol. The predicted molar refractivity (Wildman–Crippen MR) is 130 cm³/mol. The molecule has 0 aliphatic carbocycles. The molecule has 32 heavy (non-hydrogen) atoms. The molecule has 2 N–H and O–H groups in total. The maximum absolute atomic E-state index is 12.6. The largest absolute Gasteiger partial charge is 0.375 e. The van der Waals surface area contributed by atoms with Crippen molar-refractivity contribution in [3.63, 3.8) is 0 Å². The van der Waals surface area contributed by atoms with Crippen LogP contribution in [0.3, 0.4) is 0 Å². The molecular formula is C23H21BrN4O3S. The molecule has 4 rings (SSSR count). The van der Waals surface area contributed by atoms with E-state index in [1.54, 1.807) is 54.1 Å². The third kappa shape index (κ3) is 4.53. The molecule has 0 aliphatic heterocycles. The first-order valence-corrected chi connectivity index (χ1v) is 12.1. The molecule has 9 heteroatoms. The van der Waals surface area contributed by atoms with Crippen LogP contribution in [0.25, 0.3) is 10.9 Å². The SMILES string of the molecule is CC(Nc1ccc(NS(=O)(=O)c2ccc(Br)cc2)cc1)c1nc2ccccc2c(=O)n1C. The highest BCUT2D eigenvalue weighted by atomic mass is 79.9. The van der Waals surface area contributed by atoms with Gasteiger partial charge in [-0.2, -0.15) is 0 Å². The number of benzene rings is 3. The lowest BCUT2D eigenvalue weighted by Crippen LogP contribution is -2.26. The number of hydrogen-bond donors (Lipinski definition) is 2. The lowest BCUT2D eigenvalue weighted by molar-refractivity contribution is 0.601. The van der Waals surface area contributed by atoms with Crippen LogP contribution >= 0.6 is 15.9 Å². The maximum Gasteiger partial charge on any atom is 0.261 e. The van der Waals surface area contributed by atoms with Gasteiger partial charge < -0.3 is 5.32 Å². The van der Waals surface area contributed by atoms with Crippen molar-refractivity contribution in [2.24, 2.45) is 7.05 Å². The molecule has 0 fully saturated rings. The number of aromatic nitrogens is 2. The molecule has 0 saturated heterocycles. The van der Waals surface area contributed by atoms with E-state index in [0.717, 1.165) is 10.2 Å². The Labute approximate surface area is 194 Å². The van der Waals surface area contributed by atoms with Crippen LogP contribution in [0.5, 0.6) is 0 Å². The number of fused-ring (bicyclic) bond motifs is 1. The highest BCUT2D eigenvalue weighted by molar-refractivity contribution is 9.10. The second-order valence-corrected chi connectivity index (χ2v) is 9.95. The fourth-order valence-corrected chi connectivity index (χ4v) is 4.72. The Morgan fingerprint density at radius 3 is 2.25 bits per heavy atom. The van der Waals surface area contributed by atoms with Gasteiger partial charge in [0.05, 0.1) is 21.8 Å². The summed E-state index contributed by atoms with van der Waals surface area (Å²) in [6.45, 7) is 1.92. The van der Waals surface area contributed by atoms with E-state index in [1.807, 2.05) is 25.1 Å². The van der Waals surface area contributed by atoms with Gasteiger partial charge in [-0.3, -0.25) is 14.1 Å². The first-order valence-electron chi connectivity index (χ1n) is 9.85. The van der Waals surface area contributed by atoms with Gasteiger partial charge in [-0.05, 0) is 67.6 Å². The summed E-state index contributed by atoms with van der Waals surface area (Å²) in [5, 5.41) is 3.89. The third-order valence-electron chi connectivity index (χ3n) is 5.05. The van der Waals surface area contributed by atoms with Crippen molar-refractivity contribution in [2.75, 3.05) is 10.0 Å². The van der Waals surface area contributed by atoms with E-state index < -0.39 is 10.0 Å². The first-order chi connectivity index (χ1) is 15.2. The van der Waals surface area contributed by atoms with Crippen LogP contribution in [-0.4, -0.2) is 18.0 Å². The van der Waals surface area contributed by atoms with Crippen LogP contribution < -0.4 is 15.6 Å². The number of sulfonamides is 1. The molecule has 3 aromatic carbocycles. The van der Waals surface area contributed by atoms with Crippen LogP contribution in [0.4, 0.5) is 11.4 Å². The lowest BCUT2D eigenvalue weighted by atomic mass is 10.2. The molecular weight excluding hydrogens is 492 g/mol. The third-order valence-corrected chi connectivity index (χ3v) is 6.98. The van der Waals surface area contributed by atoms with Gasteiger partial charge in [-0.1, -0.05) is 28.1 Å². The number of para-hydroxylation sites is 1. The quantitative estimate of drug-likeness (QED) is 0.391. The first kappa shape index (κ1) is 22.0. The predicted octanol–water partition coefficient (Wildman–Crippen LogP) is 4.67. The Morgan fingerprint density at radius 1 is 0.938 bits per heavy atom. The summed E-state index contributed by atoms with van der Waals surface area (Å²) in [6.07, 6.45) is 0. The van der Waals surface area contributed by atoms with E-state index in [1.165, 1.54) is 12.1 Å². The van der Waals surface area contributed by atoms with Crippen molar-refractivity contribution in [3.05, 3.63) is 93.4 Å². The Kier molecular flexibility index (Phi) is 6.03. The van der Waals surface area contributed by atoms with Crippen molar-refractivity contribution in [1.82, 2.24) is 9.55 Å². The minimum atomic E-state index is -3.68. The standard InChI is InChI=1S/C23H21BrN4O3S/c1-15(22-26-21-6-4-3-5-20(21)23(29)28(22)2)25-17-9-11-18(12-10-17)27-32(30,31)19-13-7-16(24)8-14-19/h3-15,25,27H,1-2H3. The van der Waals surface area contributed by atoms with Crippen LogP contribution in [0, 0.1) is 0 Å². The number of halogens is 1. The molecule has 0 saturated carbocycles. The Bertz CT molecular complexity index is 1430. The number of nitrogens with one attached hydrogen (secondary N) is 2. The zero-order valence-electron chi connectivity index (χ0n) is 17.4. The van der Waals surface area contributed by atoms with Crippen molar-refractivity contribution >= 4 is 48.2 Å². The van der Waals surface area contributed by atoms with Crippen LogP contribution in [0.2, 0.25) is 0 Å². The molecule has 0 radical (unpaired) electrons. The second kappa shape index (κ2) is 8.76. The van der Waals surface area contributed by atoms with E-state index in [0.29, 0.717) is 22.4 Å². The zero-order chi connectivity index (χ0) is 22.9. The molecule has 0 spiro atoms. The highest BCUT2D eigenvalue weighted by Gasteiger charge is 2.16. The van der Waals surface area contributed by atoms with E-state index in [2.05, 4.69) is 31.0 Å². The average Bonchev–Trinajstić information content (AvgIpc) is 2.77. The van der Waals surface area contributed by atoms with Crippen molar-refractivity contribution < 1.29 is 8.42 Å². The number of hydrogen-bond acceptors (Lipinski definition) is 5. The summed E-state index contributed by atoms with van der Waals surface area (Å²) in [4.78, 5) is 17.5. The number of anilines is 2. The van der Waals surface area contributed by atoms with Crippen LogP contribution in [0.1, 0.15) is 18.8 Å². The van der Waals surface area contributed by atoms with Gasteiger partial charge in [-0.25, -0.2) is 13.4 Å². The molecule has 0 bridgehead atoms. The lowest BCUT2D eigenvalue weighted by Gasteiger charge is -2.18. The minimum Gasteiger partial charge on any atom is -0.375 e. The van der Waals surface area contributed by atoms with E-state index in [-0.39, 0.29) is 16.5 Å². The molecule has 1 heterocycles. The second-order valence-electron chi connectivity index (χ2n) is 7.35. The van der Waals surface area contributed by atoms with Gasteiger partial charge in [0, 0.05) is 22.9 Å². The molecule has 0 aliphatic rings. The molecule has 1 unspecified atom stereocenters. The fraction of sp³-hybridized carbons (Fsp3) is 0.130. The average molecular weight is 513 g/mol. The van der Waals surface area contributed by atoms with Crippen molar-refractivity contribution in [2.45, 2.75) is 17.9 Å². The summed E-state index contributed by atoms with van der Waals surface area (Å²) in [7, 11) is -1.98. The van der Waals surface area contributed by atoms with Crippen molar-refractivity contribution in [3.8, 4) is 0 Å². The molecule has 0 amide bonds. The van der Waals surface area contributed by atoms with Crippen LogP contribution in [0.15, 0.2) is 87.0 Å². The van der Waals surface area contributed by atoms with E-state index in [4.69, 9.17) is 0 Å². The van der Waals surface area contributed by atoms with E-state index >= 15 is 0 Å². The molecule has 7 nitrogen and oxygen atoms in total. The number of nitrogens with zero attached hydrogens (tertiary/aromatic N) is 2. The van der Waals surface area contributed by atoms with Gasteiger partial charge in [0.2, 0.25) is 0 Å². The molecule has 4 aromatic rings. The van der Waals surface area contributed by atoms with Crippen molar-refractivity contribution in [1.29, 1.82) is 0 Å². The summed E-state index contributed by atoms with van der Waals surface area (Å²) < 4.78 is 30.0. The van der Waals surface area contributed by atoms with Gasteiger partial charge in [0.15, 0.2) is 0 Å². The summed E-state index contributed by atoms with van der Waals surface area (Å²) in [6, 6.07) is 20.3. The van der Waals surface area contributed by atoms with Gasteiger partial charge in [-0.15, -0.1) is 0 Å². The normalized spacial score (nSPS) is 12.5. The number of rotatable bonds is 6. The fourth-order valence-electron chi connectivity index (χ4n) is 3.40. The maximum atomic E-state index is 12.6. The Hall–Kier alpha value is -3.17. The molecule has 1 aromatic heterocycles. The molecule has 164 valence electrons. The topological polar surface area (TPSA) is 93.1 Å². The highest BCUT2D eigenvalue weighted by Crippen LogP contribution is 2.23. The zero-order valence-corrected chi connectivity index (χ0v) is 19.8.